The maximum absolute atomic E-state index is 12.6. The number of benzene rings is 2. The van der Waals surface area contributed by atoms with Gasteiger partial charge >= 0.3 is 6.03 Å². The molecule has 0 saturated heterocycles. The van der Waals surface area contributed by atoms with Crippen LogP contribution in [0.15, 0.2) is 42.5 Å². The molecule has 0 fully saturated rings. The highest BCUT2D eigenvalue weighted by Crippen LogP contribution is 2.30. The fourth-order valence-corrected chi connectivity index (χ4v) is 2.71. The minimum atomic E-state index is -0.728. The van der Waals surface area contributed by atoms with Gasteiger partial charge in [-0.05, 0) is 44.2 Å². The molecule has 0 radical (unpaired) electrons. The van der Waals surface area contributed by atoms with Gasteiger partial charge < -0.3 is 30.7 Å². The Bertz CT molecular complexity index is 916. The number of primary amides is 1. The van der Waals surface area contributed by atoms with Crippen LogP contribution in [-0.2, 0) is 4.79 Å². The SMILES string of the molecule is CCOc1ccc(NC(=O)CN(C)C(=O)c2cccc(NC(N)=O)c2)cc1OCC. The minimum absolute atomic E-state index is 0.163. The van der Waals surface area contributed by atoms with E-state index >= 15 is 0 Å². The van der Waals surface area contributed by atoms with E-state index < -0.39 is 6.03 Å². The summed E-state index contributed by atoms with van der Waals surface area (Å²) in [6, 6.07) is 10.7. The molecule has 9 heteroatoms. The van der Waals surface area contributed by atoms with Crippen molar-refractivity contribution in [2.75, 3.05) is 37.4 Å². The highest BCUT2D eigenvalue weighted by atomic mass is 16.5. The third kappa shape index (κ3) is 6.40. The van der Waals surface area contributed by atoms with Crippen molar-refractivity contribution in [3.8, 4) is 11.5 Å². The fraction of sp³-hybridized carbons (Fsp3) is 0.286. The number of nitrogens with two attached hydrogens (primary N) is 1. The molecule has 2 aromatic rings. The predicted octanol–water partition coefficient (Wildman–Crippen LogP) is 2.69. The van der Waals surface area contributed by atoms with Gasteiger partial charge in [-0.2, -0.15) is 0 Å². The Labute approximate surface area is 175 Å². The molecule has 160 valence electrons. The summed E-state index contributed by atoms with van der Waals surface area (Å²) in [5.41, 5.74) is 6.33. The summed E-state index contributed by atoms with van der Waals surface area (Å²) in [5, 5.41) is 5.15. The van der Waals surface area contributed by atoms with Crippen LogP contribution < -0.4 is 25.8 Å². The Kier molecular flexibility index (Phi) is 8.04. The highest BCUT2D eigenvalue weighted by Gasteiger charge is 2.16. The second kappa shape index (κ2) is 10.7. The average Bonchev–Trinajstić information content (AvgIpc) is 2.69. The zero-order valence-electron chi connectivity index (χ0n) is 17.2. The second-order valence-electron chi connectivity index (χ2n) is 6.31. The lowest BCUT2D eigenvalue weighted by atomic mass is 10.1. The molecule has 0 saturated carbocycles. The molecule has 4 amide bonds. The number of anilines is 2. The van der Waals surface area contributed by atoms with Crippen molar-refractivity contribution in [2.45, 2.75) is 13.8 Å². The number of carbonyl (C=O) groups excluding carboxylic acids is 3. The molecule has 9 nitrogen and oxygen atoms in total. The van der Waals surface area contributed by atoms with E-state index in [2.05, 4.69) is 10.6 Å². The predicted molar refractivity (Wildman–Crippen MR) is 114 cm³/mol. The van der Waals surface area contributed by atoms with E-state index in [1.165, 1.54) is 18.0 Å². The van der Waals surface area contributed by atoms with E-state index in [9.17, 15) is 14.4 Å². The molecule has 0 heterocycles. The van der Waals surface area contributed by atoms with Crippen molar-refractivity contribution in [1.82, 2.24) is 4.90 Å². The molecular formula is C21H26N4O5. The quantitative estimate of drug-likeness (QED) is 0.582. The number of likely N-dealkylation sites (N-methyl/N-ethyl adjacent to an activating group) is 1. The van der Waals surface area contributed by atoms with E-state index in [0.29, 0.717) is 41.7 Å². The first-order valence-corrected chi connectivity index (χ1v) is 9.45. The van der Waals surface area contributed by atoms with E-state index in [4.69, 9.17) is 15.2 Å². The molecule has 0 aliphatic rings. The second-order valence-corrected chi connectivity index (χ2v) is 6.31. The largest absolute Gasteiger partial charge is 0.490 e. The molecule has 0 aliphatic heterocycles. The van der Waals surface area contributed by atoms with Crippen LogP contribution in [-0.4, -0.2) is 49.6 Å². The molecule has 0 aromatic heterocycles. The molecule has 0 atom stereocenters. The molecule has 0 spiro atoms. The summed E-state index contributed by atoms with van der Waals surface area (Å²) in [6.07, 6.45) is 0. The number of ether oxygens (including phenoxy) is 2. The van der Waals surface area contributed by atoms with Gasteiger partial charge in [0.15, 0.2) is 11.5 Å². The van der Waals surface area contributed by atoms with Crippen LogP contribution in [0.3, 0.4) is 0 Å². The lowest BCUT2D eigenvalue weighted by Crippen LogP contribution is -2.35. The molecule has 4 N–H and O–H groups in total. The fourth-order valence-electron chi connectivity index (χ4n) is 2.71. The number of nitrogens with zero attached hydrogens (tertiary/aromatic N) is 1. The zero-order valence-corrected chi connectivity index (χ0v) is 17.2. The van der Waals surface area contributed by atoms with Gasteiger partial charge in [-0.25, -0.2) is 4.79 Å². The van der Waals surface area contributed by atoms with Crippen molar-refractivity contribution in [3.63, 3.8) is 0 Å². The first-order valence-electron chi connectivity index (χ1n) is 9.45. The van der Waals surface area contributed by atoms with Crippen molar-refractivity contribution in [2.24, 2.45) is 5.73 Å². The molecule has 0 aliphatic carbocycles. The first-order chi connectivity index (χ1) is 14.3. The Hall–Kier alpha value is -3.75. The van der Waals surface area contributed by atoms with Gasteiger partial charge in [0.2, 0.25) is 5.91 Å². The summed E-state index contributed by atoms with van der Waals surface area (Å²) in [7, 11) is 1.51. The van der Waals surface area contributed by atoms with E-state index in [0.717, 1.165) is 0 Å². The molecule has 0 unspecified atom stereocenters. The van der Waals surface area contributed by atoms with Gasteiger partial charge in [-0.3, -0.25) is 9.59 Å². The van der Waals surface area contributed by atoms with Gasteiger partial charge in [0, 0.05) is 30.1 Å². The lowest BCUT2D eigenvalue weighted by molar-refractivity contribution is -0.116. The summed E-state index contributed by atoms with van der Waals surface area (Å²) in [5.74, 6) is 0.373. The monoisotopic (exact) mass is 414 g/mol. The summed E-state index contributed by atoms with van der Waals surface area (Å²) < 4.78 is 11.1. The van der Waals surface area contributed by atoms with Gasteiger partial charge in [0.25, 0.3) is 5.91 Å². The lowest BCUT2D eigenvalue weighted by Gasteiger charge is -2.18. The van der Waals surface area contributed by atoms with Crippen LogP contribution in [0.25, 0.3) is 0 Å². The van der Waals surface area contributed by atoms with E-state index in [1.807, 2.05) is 13.8 Å². The van der Waals surface area contributed by atoms with Crippen LogP contribution in [0.1, 0.15) is 24.2 Å². The van der Waals surface area contributed by atoms with E-state index in [-0.39, 0.29) is 18.4 Å². The summed E-state index contributed by atoms with van der Waals surface area (Å²) in [4.78, 5) is 37.2. The number of hydrogen-bond donors (Lipinski definition) is 3. The van der Waals surface area contributed by atoms with Gasteiger partial charge in [-0.15, -0.1) is 0 Å². The number of rotatable bonds is 9. The third-order valence-electron chi connectivity index (χ3n) is 3.93. The topological polar surface area (TPSA) is 123 Å². The Balaban J connectivity index is 2.02. The van der Waals surface area contributed by atoms with Crippen molar-refractivity contribution in [3.05, 3.63) is 48.0 Å². The maximum Gasteiger partial charge on any atom is 0.316 e. The normalized spacial score (nSPS) is 10.1. The minimum Gasteiger partial charge on any atom is -0.490 e. The Morgan fingerprint density at radius 2 is 1.60 bits per heavy atom. The van der Waals surface area contributed by atoms with Crippen molar-refractivity contribution < 1.29 is 23.9 Å². The number of nitrogens with one attached hydrogen (secondary N) is 2. The van der Waals surface area contributed by atoms with Crippen LogP contribution in [0.2, 0.25) is 0 Å². The first kappa shape index (κ1) is 22.5. The number of carbonyl (C=O) groups is 3. The smallest absolute Gasteiger partial charge is 0.316 e. The third-order valence-corrected chi connectivity index (χ3v) is 3.93. The summed E-state index contributed by atoms with van der Waals surface area (Å²) >= 11 is 0. The molecule has 2 rings (SSSR count). The van der Waals surface area contributed by atoms with Crippen molar-refractivity contribution in [1.29, 1.82) is 0 Å². The molecule has 30 heavy (non-hydrogen) atoms. The maximum atomic E-state index is 12.6. The van der Waals surface area contributed by atoms with E-state index in [1.54, 1.807) is 36.4 Å². The van der Waals surface area contributed by atoms with Gasteiger partial charge in [0.05, 0.1) is 19.8 Å². The number of hydrogen-bond acceptors (Lipinski definition) is 5. The molecule has 0 bridgehead atoms. The zero-order chi connectivity index (χ0) is 22.1. The molecule has 2 aromatic carbocycles. The number of amides is 4. The van der Waals surface area contributed by atoms with Crippen LogP contribution >= 0.6 is 0 Å². The highest BCUT2D eigenvalue weighted by molar-refractivity contribution is 6.00. The van der Waals surface area contributed by atoms with Crippen LogP contribution in [0, 0.1) is 0 Å². The average molecular weight is 414 g/mol. The standard InChI is InChI=1S/C21H26N4O5/c1-4-29-17-10-9-16(12-18(17)30-5-2)23-19(26)13-25(3)20(27)14-7-6-8-15(11-14)24-21(22)28/h6-12H,4-5,13H2,1-3H3,(H,23,26)(H3,22,24,28). The van der Waals surface area contributed by atoms with Crippen LogP contribution in [0.4, 0.5) is 16.2 Å². The van der Waals surface area contributed by atoms with Crippen LogP contribution in [0.5, 0.6) is 11.5 Å². The van der Waals surface area contributed by atoms with Gasteiger partial charge in [0.1, 0.15) is 0 Å². The molecular weight excluding hydrogens is 388 g/mol. The Morgan fingerprint density at radius 3 is 2.27 bits per heavy atom. The Morgan fingerprint density at radius 1 is 0.933 bits per heavy atom. The summed E-state index contributed by atoms with van der Waals surface area (Å²) in [6.45, 7) is 4.52. The number of urea groups is 1. The van der Waals surface area contributed by atoms with Gasteiger partial charge in [-0.1, -0.05) is 6.07 Å². The van der Waals surface area contributed by atoms with Crippen molar-refractivity contribution >= 4 is 29.2 Å².